The van der Waals surface area contributed by atoms with Gasteiger partial charge in [-0.05, 0) is 32.9 Å². The van der Waals surface area contributed by atoms with Gasteiger partial charge in [0.1, 0.15) is 12.2 Å². The molecule has 7 heteroatoms. The Morgan fingerprint density at radius 2 is 2.00 bits per heavy atom. The number of nitrogens with one attached hydrogen (secondary N) is 1. The second-order valence-corrected chi connectivity index (χ2v) is 6.44. The van der Waals surface area contributed by atoms with Gasteiger partial charge in [0, 0.05) is 19.6 Å². The van der Waals surface area contributed by atoms with Gasteiger partial charge in [0.25, 0.3) is 0 Å². The molecule has 1 aromatic rings. The van der Waals surface area contributed by atoms with Crippen LogP contribution >= 0.6 is 0 Å². The summed E-state index contributed by atoms with van der Waals surface area (Å²) in [6, 6.07) is 3.33. The quantitative estimate of drug-likeness (QED) is 0.926. The highest BCUT2D eigenvalue weighted by atomic mass is 19.1. The Balaban J connectivity index is 1.90. The predicted molar refractivity (Wildman–Crippen MR) is 81.5 cm³/mol. The second-order valence-electron chi connectivity index (χ2n) is 6.44. The first kappa shape index (κ1) is 17.5. The molecule has 2 rings (SSSR count). The second kappa shape index (κ2) is 7.12. The molecule has 1 heterocycles. The average molecular weight is 328 g/mol. The molecule has 5 nitrogen and oxygen atoms in total. The maximum absolute atomic E-state index is 13.5. The van der Waals surface area contributed by atoms with Crippen LogP contribution < -0.4 is 10.1 Å². The highest BCUT2D eigenvalue weighted by Crippen LogP contribution is 2.21. The van der Waals surface area contributed by atoms with E-state index in [1.54, 1.807) is 25.7 Å². The van der Waals surface area contributed by atoms with E-state index in [-0.39, 0.29) is 12.6 Å². The van der Waals surface area contributed by atoms with Gasteiger partial charge in [-0.15, -0.1) is 0 Å². The van der Waals surface area contributed by atoms with Gasteiger partial charge in [-0.2, -0.15) is 0 Å². The number of carbonyl (C=O) groups is 1. The predicted octanol–water partition coefficient (Wildman–Crippen LogP) is 2.55. The van der Waals surface area contributed by atoms with Gasteiger partial charge in [0.15, 0.2) is 17.4 Å². The summed E-state index contributed by atoms with van der Waals surface area (Å²) in [6.45, 7) is 6.88. The minimum atomic E-state index is -0.746. The fourth-order valence-corrected chi connectivity index (χ4v) is 2.23. The van der Waals surface area contributed by atoms with Crippen LogP contribution in [0.2, 0.25) is 0 Å². The summed E-state index contributed by atoms with van der Waals surface area (Å²) in [6.07, 6.45) is -0.402. The summed E-state index contributed by atoms with van der Waals surface area (Å²) in [5.74, 6) is -1.89. The van der Waals surface area contributed by atoms with Crippen molar-refractivity contribution in [1.29, 1.82) is 0 Å². The molecule has 128 valence electrons. The van der Waals surface area contributed by atoms with Gasteiger partial charge < -0.3 is 19.7 Å². The number of piperazine rings is 1. The van der Waals surface area contributed by atoms with Crippen LogP contribution in [0.1, 0.15) is 20.8 Å². The number of nitrogens with zero attached hydrogens (tertiary/aromatic N) is 1. The molecule has 1 aliphatic heterocycles. The largest absolute Gasteiger partial charge is 0.486 e. The molecule has 1 aromatic carbocycles. The Hall–Kier alpha value is -1.89. The molecule has 0 unspecified atom stereocenters. The van der Waals surface area contributed by atoms with Gasteiger partial charge in [-0.25, -0.2) is 13.6 Å². The lowest BCUT2D eigenvalue weighted by Crippen LogP contribution is -2.55. The molecule has 23 heavy (non-hydrogen) atoms. The van der Waals surface area contributed by atoms with Crippen molar-refractivity contribution in [3.63, 3.8) is 0 Å². The van der Waals surface area contributed by atoms with E-state index in [0.29, 0.717) is 19.6 Å². The first-order chi connectivity index (χ1) is 10.8. The molecule has 1 atom stereocenters. The van der Waals surface area contributed by atoms with E-state index in [4.69, 9.17) is 9.47 Å². The van der Waals surface area contributed by atoms with Crippen molar-refractivity contribution in [2.45, 2.75) is 32.4 Å². The summed E-state index contributed by atoms with van der Waals surface area (Å²) >= 11 is 0. The average Bonchev–Trinajstić information content (AvgIpc) is 2.45. The molecule has 0 aromatic heterocycles. The molecule has 0 bridgehead atoms. The smallest absolute Gasteiger partial charge is 0.410 e. The molecule has 0 radical (unpaired) electrons. The number of rotatable bonds is 3. The van der Waals surface area contributed by atoms with E-state index in [9.17, 15) is 13.6 Å². The van der Waals surface area contributed by atoms with Crippen LogP contribution in [0, 0.1) is 11.6 Å². The fourth-order valence-electron chi connectivity index (χ4n) is 2.23. The lowest BCUT2D eigenvalue weighted by molar-refractivity contribution is 0.0176. The van der Waals surface area contributed by atoms with Crippen LogP contribution in [0.3, 0.4) is 0 Å². The SMILES string of the molecule is CC(C)(C)OC(=O)N1CCN[C@H](COc2c(F)cccc2F)C1. The Bertz CT molecular complexity index is 540. The molecule has 0 aliphatic carbocycles. The van der Waals surface area contributed by atoms with Crippen LogP contribution in [0.25, 0.3) is 0 Å². The maximum Gasteiger partial charge on any atom is 0.410 e. The third kappa shape index (κ3) is 5.06. The fraction of sp³-hybridized carbons (Fsp3) is 0.562. The Labute approximate surface area is 134 Å². The summed E-state index contributed by atoms with van der Waals surface area (Å²) in [5, 5.41) is 3.16. The van der Waals surface area contributed by atoms with E-state index in [1.807, 2.05) is 0 Å². The van der Waals surface area contributed by atoms with E-state index >= 15 is 0 Å². The first-order valence-corrected chi connectivity index (χ1v) is 7.54. The monoisotopic (exact) mass is 328 g/mol. The molecule has 1 N–H and O–H groups in total. The van der Waals surface area contributed by atoms with E-state index < -0.39 is 29.1 Å². The van der Waals surface area contributed by atoms with Crippen molar-refractivity contribution in [3.05, 3.63) is 29.8 Å². The van der Waals surface area contributed by atoms with Gasteiger partial charge in [-0.1, -0.05) is 6.07 Å². The zero-order chi connectivity index (χ0) is 17.0. The maximum atomic E-state index is 13.5. The van der Waals surface area contributed by atoms with Gasteiger partial charge >= 0.3 is 6.09 Å². The lowest BCUT2D eigenvalue weighted by Gasteiger charge is -2.34. The van der Waals surface area contributed by atoms with E-state index in [1.165, 1.54) is 6.07 Å². The molecule has 0 spiro atoms. The zero-order valence-electron chi connectivity index (χ0n) is 13.6. The molecule has 1 saturated heterocycles. The van der Waals surface area contributed by atoms with Crippen molar-refractivity contribution < 1.29 is 23.0 Å². The van der Waals surface area contributed by atoms with Gasteiger partial charge in [0.05, 0.1) is 6.04 Å². The van der Waals surface area contributed by atoms with Crippen LogP contribution in [-0.2, 0) is 4.74 Å². The number of amides is 1. The minimum absolute atomic E-state index is 0.0527. The Morgan fingerprint density at radius 3 is 2.61 bits per heavy atom. The normalized spacial score (nSPS) is 18.7. The number of hydrogen-bond donors (Lipinski definition) is 1. The number of benzene rings is 1. The summed E-state index contributed by atoms with van der Waals surface area (Å²) in [5.41, 5.74) is -0.565. The summed E-state index contributed by atoms with van der Waals surface area (Å²) < 4.78 is 37.6. The topological polar surface area (TPSA) is 50.8 Å². The number of halogens is 2. The van der Waals surface area contributed by atoms with E-state index in [0.717, 1.165) is 12.1 Å². The van der Waals surface area contributed by atoms with Crippen LogP contribution in [0.4, 0.5) is 13.6 Å². The van der Waals surface area contributed by atoms with Crippen molar-refractivity contribution in [1.82, 2.24) is 10.2 Å². The number of para-hydroxylation sites is 1. The lowest BCUT2D eigenvalue weighted by atomic mass is 10.2. The van der Waals surface area contributed by atoms with E-state index in [2.05, 4.69) is 5.32 Å². The molecular formula is C16H22F2N2O3. The number of carbonyl (C=O) groups excluding carboxylic acids is 1. The molecular weight excluding hydrogens is 306 g/mol. The van der Waals surface area contributed by atoms with Crippen molar-refractivity contribution in [2.24, 2.45) is 0 Å². The Kier molecular flexibility index (Phi) is 5.41. The van der Waals surface area contributed by atoms with Crippen LogP contribution in [0.15, 0.2) is 18.2 Å². The van der Waals surface area contributed by atoms with Gasteiger partial charge in [0.2, 0.25) is 0 Å². The van der Waals surface area contributed by atoms with Crippen molar-refractivity contribution in [3.8, 4) is 5.75 Å². The summed E-state index contributed by atoms with van der Waals surface area (Å²) in [7, 11) is 0. The third-order valence-corrected chi connectivity index (χ3v) is 3.25. The van der Waals surface area contributed by atoms with Gasteiger partial charge in [-0.3, -0.25) is 0 Å². The first-order valence-electron chi connectivity index (χ1n) is 7.54. The third-order valence-electron chi connectivity index (χ3n) is 3.25. The highest BCUT2D eigenvalue weighted by Gasteiger charge is 2.28. The molecule has 1 fully saturated rings. The minimum Gasteiger partial charge on any atom is -0.486 e. The molecule has 1 amide bonds. The van der Waals surface area contributed by atoms with Crippen LogP contribution in [0.5, 0.6) is 5.75 Å². The highest BCUT2D eigenvalue weighted by molar-refractivity contribution is 5.68. The summed E-state index contributed by atoms with van der Waals surface area (Å²) in [4.78, 5) is 13.6. The zero-order valence-corrected chi connectivity index (χ0v) is 13.6. The standard InChI is InChI=1S/C16H22F2N2O3/c1-16(2,3)23-15(21)20-8-7-19-11(9-20)10-22-14-12(17)5-4-6-13(14)18/h4-6,11,19H,7-10H2,1-3H3/t11-/m0/s1. The number of hydrogen-bond acceptors (Lipinski definition) is 4. The Morgan fingerprint density at radius 1 is 1.35 bits per heavy atom. The number of ether oxygens (including phenoxy) is 2. The van der Waals surface area contributed by atoms with Crippen molar-refractivity contribution >= 4 is 6.09 Å². The van der Waals surface area contributed by atoms with Crippen LogP contribution in [-0.4, -0.2) is 48.9 Å². The molecule has 0 saturated carbocycles. The van der Waals surface area contributed by atoms with Crippen molar-refractivity contribution in [2.75, 3.05) is 26.2 Å². The molecule has 1 aliphatic rings.